The standard InChI is InChI=1S/C21H24N4O3S/c1-2-8-22-19(26)15-24-9-11-25(12-10-24)21(28)16-5-3-6-17(14-16)23-20(27)18-7-4-13-29-18/h2-7,13-14H,1,8-12,15H2,(H,22,26)(H,23,27). The van der Waals surface area contributed by atoms with E-state index in [4.69, 9.17) is 0 Å². The van der Waals surface area contributed by atoms with Crippen molar-refractivity contribution < 1.29 is 14.4 Å². The number of carbonyl (C=O) groups is 3. The Hall–Kier alpha value is -2.97. The van der Waals surface area contributed by atoms with Gasteiger partial charge in [-0.25, -0.2) is 0 Å². The molecule has 152 valence electrons. The monoisotopic (exact) mass is 412 g/mol. The molecule has 1 aromatic carbocycles. The van der Waals surface area contributed by atoms with E-state index in [1.54, 1.807) is 41.3 Å². The number of amides is 3. The minimum Gasteiger partial charge on any atom is -0.352 e. The van der Waals surface area contributed by atoms with Crippen molar-refractivity contribution in [3.8, 4) is 0 Å². The summed E-state index contributed by atoms with van der Waals surface area (Å²) in [5.41, 5.74) is 1.12. The summed E-state index contributed by atoms with van der Waals surface area (Å²) >= 11 is 1.37. The molecule has 0 radical (unpaired) electrons. The third-order valence-electron chi connectivity index (χ3n) is 4.58. The summed E-state index contributed by atoms with van der Waals surface area (Å²) in [7, 11) is 0. The zero-order valence-corrected chi connectivity index (χ0v) is 16.9. The average Bonchev–Trinajstić information content (AvgIpc) is 3.28. The van der Waals surface area contributed by atoms with Gasteiger partial charge in [0.25, 0.3) is 11.8 Å². The second-order valence-electron chi connectivity index (χ2n) is 6.67. The van der Waals surface area contributed by atoms with Gasteiger partial charge in [0.05, 0.1) is 11.4 Å². The molecule has 2 heterocycles. The second kappa shape index (κ2) is 9.99. The number of thiophene rings is 1. The lowest BCUT2D eigenvalue weighted by atomic mass is 10.1. The molecule has 0 bridgehead atoms. The van der Waals surface area contributed by atoms with E-state index in [0.29, 0.717) is 55.4 Å². The van der Waals surface area contributed by atoms with Gasteiger partial charge in [-0.05, 0) is 29.6 Å². The molecule has 8 heteroatoms. The predicted octanol–water partition coefficient (Wildman–Crippen LogP) is 2.06. The van der Waals surface area contributed by atoms with Crippen LogP contribution in [0.4, 0.5) is 5.69 Å². The zero-order valence-electron chi connectivity index (χ0n) is 16.1. The first-order valence-corrected chi connectivity index (χ1v) is 10.3. The summed E-state index contributed by atoms with van der Waals surface area (Å²) < 4.78 is 0. The number of anilines is 1. The number of hydrogen-bond donors (Lipinski definition) is 2. The quantitative estimate of drug-likeness (QED) is 0.682. The summed E-state index contributed by atoms with van der Waals surface area (Å²) in [5.74, 6) is -0.306. The van der Waals surface area contributed by atoms with Crippen molar-refractivity contribution in [1.29, 1.82) is 0 Å². The lowest BCUT2D eigenvalue weighted by Gasteiger charge is -2.34. The first kappa shape index (κ1) is 20.8. The number of nitrogens with zero attached hydrogens (tertiary/aromatic N) is 2. The van der Waals surface area contributed by atoms with Gasteiger partial charge in [0.15, 0.2) is 0 Å². The normalized spacial score (nSPS) is 14.3. The molecular formula is C21H24N4O3S. The highest BCUT2D eigenvalue weighted by molar-refractivity contribution is 7.12. The van der Waals surface area contributed by atoms with E-state index >= 15 is 0 Å². The molecule has 1 aliphatic heterocycles. The molecule has 0 saturated carbocycles. The molecule has 0 atom stereocenters. The fourth-order valence-electron chi connectivity index (χ4n) is 3.07. The minimum absolute atomic E-state index is 0.0427. The maximum Gasteiger partial charge on any atom is 0.265 e. The molecule has 7 nitrogen and oxygen atoms in total. The Morgan fingerprint density at radius 3 is 2.59 bits per heavy atom. The molecule has 3 rings (SSSR count). The van der Waals surface area contributed by atoms with Crippen molar-refractivity contribution in [3.05, 3.63) is 64.9 Å². The van der Waals surface area contributed by atoms with Gasteiger partial charge >= 0.3 is 0 Å². The second-order valence-corrected chi connectivity index (χ2v) is 7.62. The van der Waals surface area contributed by atoms with Crippen LogP contribution in [-0.4, -0.2) is 66.8 Å². The topological polar surface area (TPSA) is 81.8 Å². The third-order valence-corrected chi connectivity index (χ3v) is 5.45. The first-order chi connectivity index (χ1) is 14.1. The van der Waals surface area contributed by atoms with Crippen LogP contribution in [-0.2, 0) is 4.79 Å². The minimum atomic E-state index is -0.187. The molecule has 0 aliphatic carbocycles. The molecule has 3 amide bonds. The Bertz CT molecular complexity index is 874. The van der Waals surface area contributed by atoms with E-state index in [1.165, 1.54) is 11.3 Å². The SMILES string of the molecule is C=CCNC(=O)CN1CCN(C(=O)c2cccc(NC(=O)c3cccs3)c2)CC1. The molecule has 1 saturated heterocycles. The Labute approximate surface area is 174 Å². The lowest BCUT2D eigenvalue weighted by molar-refractivity contribution is -0.122. The molecule has 1 aliphatic rings. The van der Waals surface area contributed by atoms with E-state index < -0.39 is 0 Å². The first-order valence-electron chi connectivity index (χ1n) is 9.41. The molecule has 29 heavy (non-hydrogen) atoms. The van der Waals surface area contributed by atoms with Crippen molar-refractivity contribution >= 4 is 34.7 Å². The Morgan fingerprint density at radius 1 is 1.10 bits per heavy atom. The van der Waals surface area contributed by atoms with Gasteiger partial charge in [-0.2, -0.15) is 0 Å². The fourth-order valence-corrected chi connectivity index (χ4v) is 3.69. The Kier molecular flexibility index (Phi) is 7.15. The van der Waals surface area contributed by atoms with Crippen LogP contribution in [0.5, 0.6) is 0 Å². The highest BCUT2D eigenvalue weighted by atomic mass is 32.1. The van der Waals surface area contributed by atoms with Crippen molar-refractivity contribution in [3.63, 3.8) is 0 Å². The predicted molar refractivity (Wildman–Crippen MR) is 114 cm³/mol. The molecule has 2 N–H and O–H groups in total. The third kappa shape index (κ3) is 5.75. The van der Waals surface area contributed by atoms with E-state index in [2.05, 4.69) is 17.2 Å². The van der Waals surface area contributed by atoms with Gasteiger partial charge in [-0.3, -0.25) is 19.3 Å². The van der Waals surface area contributed by atoms with Crippen LogP contribution in [0.25, 0.3) is 0 Å². The smallest absolute Gasteiger partial charge is 0.265 e. The van der Waals surface area contributed by atoms with Gasteiger partial charge in [-0.15, -0.1) is 17.9 Å². The highest BCUT2D eigenvalue weighted by Gasteiger charge is 2.23. The van der Waals surface area contributed by atoms with Crippen molar-refractivity contribution in [2.45, 2.75) is 0 Å². The summed E-state index contributed by atoms with van der Waals surface area (Å²) in [6.07, 6.45) is 1.64. The van der Waals surface area contributed by atoms with E-state index in [-0.39, 0.29) is 17.7 Å². The van der Waals surface area contributed by atoms with Crippen LogP contribution in [0.1, 0.15) is 20.0 Å². The van der Waals surface area contributed by atoms with Gasteiger partial charge in [0.1, 0.15) is 0 Å². The van der Waals surface area contributed by atoms with Gasteiger partial charge < -0.3 is 15.5 Å². The van der Waals surface area contributed by atoms with Crippen LogP contribution in [0, 0.1) is 0 Å². The van der Waals surface area contributed by atoms with Crippen LogP contribution in [0.2, 0.25) is 0 Å². The Morgan fingerprint density at radius 2 is 1.90 bits per heavy atom. The summed E-state index contributed by atoms with van der Waals surface area (Å²) in [6.45, 7) is 6.74. The number of benzene rings is 1. The number of rotatable bonds is 7. The largest absolute Gasteiger partial charge is 0.352 e. The van der Waals surface area contributed by atoms with Gasteiger partial charge in [0, 0.05) is 44.0 Å². The Balaban J connectivity index is 1.54. The molecule has 1 fully saturated rings. The molecular weight excluding hydrogens is 388 g/mol. The van der Waals surface area contributed by atoms with Crippen molar-refractivity contribution in [2.75, 3.05) is 44.6 Å². The lowest BCUT2D eigenvalue weighted by Crippen LogP contribution is -2.51. The molecule has 2 aromatic rings. The molecule has 0 unspecified atom stereocenters. The van der Waals surface area contributed by atoms with Gasteiger partial charge in [0.2, 0.25) is 5.91 Å². The van der Waals surface area contributed by atoms with Crippen LogP contribution >= 0.6 is 11.3 Å². The summed E-state index contributed by atoms with van der Waals surface area (Å²) in [5, 5.41) is 7.43. The maximum absolute atomic E-state index is 12.8. The van der Waals surface area contributed by atoms with Crippen molar-refractivity contribution in [2.24, 2.45) is 0 Å². The molecule has 1 aromatic heterocycles. The van der Waals surface area contributed by atoms with Crippen LogP contribution < -0.4 is 10.6 Å². The number of nitrogens with one attached hydrogen (secondary N) is 2. The zero-order chi connectivity index (χ0) is 20.6. The van der Waals surface area contributed by atoms with Crippen LogP contribution in [0.3, 0.4) is 0 Å². The molecule has 0 spiro atoms. The summed E-state index contributed by atoms with van der Waals surface area (Å²) in [4.78, 5) is 41.3. The average molecular weight is 413 g/mol. The number of piperazine rings is 1. The van der Waals surface area contributed by atoms with Crippen LogP contribution in [0.15, 0.2) is 54.4 Å². The highest BCUT2D eigenvalue weighted by Crippen LogP contribution is 2.17. The van der Waals surface area contributed by atoms with Crippen molar-refractivity contribution in [1.82, 2.24) is 15.1 Å². The van der Waals surface area contributed by atoms with E-state index in [0.717, 1.165) is 0 Å². The van der Waals surface area contributed by atoms with E-state index in [1.807, 2.05) is 16.3 Å². The van der Waals surface area contributed by atoms with E-state index in [9.17, 15) is 14.4 Å². The fraction of sp³-hybridized carbons (Fsp3) is 0.286. The van der Waals surface area contributed by atoms with Gasteiger partial charge in [-0.1, -0.05) is 18.2 Å². The maximum atomic E-state index is 12.8. The number of carbonyl (C=O) groups excluding carboxylic acids is 3. The number of hydrogen-bond acceptors (Lipinski definition) is 5. The summed E-state index contributed by atoms with van der Waals surface area (Å²) in [6, 6.07) is 10.6.